The molecule has 5 nitrogen and oxygen atoms in total. The van der Waals surface area contributed by atoms with Gasteiger partial charge in [-0.1, -0.05) is 42.5 Å². The molecule has 4 rings (SSSR count). The predicted molar refractivity (Wildman–Crippen MR) is 120 cm³/mol. The van der Waals surface area contributed by atoms with E-state index in [9.17, 15) is 13.2 Å². The second-order valence-corrected chi connectivity index (χ2v) is 9.89. The maximum Gasteiger partial charge on any atom is 0.236 e. The number of carbonyl (C=O) groups excluding carboxylic acids is 1. The Hall–Kier alpha value is -2.44. The number of benzene rings is 2. The van der Waals surface area contributed by atoms with Gasteiger partial charge in [0.05, 0.1) is 0 Å². The van der Waals surface area contributed by atoms with E-state index in [1.165, 1.54) is 27.3 Å². The SMILES string of the molecule is O=C(Nc1cccc2c1CCCC2)C1CCN(S(=O)(=O)C=Cc2ccccc2)CC1. The zero-order valence-corrected chi connectivity index (χ0v) is 17.9. The van der Waals surface area contributed by atoms with E-state index in [0.29, 0.717) is 25.9 Å². The highest BCUT2D eigenvalue weighted by molar-refractivity contribution is 7.92. The summed E-state index contributed by atoms with van der Waals surface area (Å²) in [5.74, 6) is -0.153. The average molecular weight is 425 g/mol. The van der Waals surface area contributed by atoms with Crippen molar-refractivity contribution in [3.05, 3.63) is 70.6 Å². The Bertz CT molecular complexity index is 1020. The van der Waals surface area contributed by atoms with Crippen molar-refractivity contribution in [3.8, 4) is 0 Å². The number of nitrogens with zero attached hydrogens (tertiary/aromatic N) is 1. The molecule has 0 aromatic heterocycles. The van der Waals surface area contributed by atoms with Crippen molar-refractivity contribution in [2.75, 3.05) is 18.4 Å². The molecule has 1 fully saturated rings. The fourth-order valence-electron chi connectivity index (χ4n) is 4.32. The van der Waals surface area contributed by atoms with Crippen LogP contribution in [-0.2, 0) is 27.7 Å². The highest BCUT2D eigenvalue weighted by atomic mass is 32.2. The average Bonchev–Trinajstić information content (AvgIpc) is 2.79. The highest BCUT2D eigenvalue weighted by Crippen LogP contribution is 2.29. The van der Waals surface area contributed by atoms with E-state index in [-0.39, 0.29) is 11.8 Å². The fraction of sp³-hybridized carbons (Fsp3) is 0.375. The molecule has 0 atom stereocenters. The molecule has 2 aromatic rings. The quantitative estimate of drug-likeness (QED) is 0.782. The lowest BCUT2D eigenvalue weighted by Gasteiger charge is -2.30. The third-order valence-corrected chi connectivity index (χ3v) is 7.64. The van der Waals surface area contributed by atoms with Gasteiger partial charge in [-0.05, 0) is 67.4 Å². The van der Waals surface area contributed by atoms with Gasteiger partial charge >= 0.3 is 0 Å². The molecule has 0 spiro atoms. The second-order valence-electron chi connectivity index (χ2n) is 8.07. The Labute approximate surface area is 178 Å². The molecule has 30 heavy (non-hydrogen) atoms. The lowest BCUT2D eigenvalue weighted by atomic mass is 9.90. The molecule has 1 N–H and O–H groups in total. The summed E-state index contributed by atoms with van der Waals surface area (Å²) >= 11 is 0. The number of piperidine rings is 1. The summed E-state index contributed by atoms with van der Waals surface area (Å²) in [6, 6.07) is 15.5. The molecule has 158 valence electrons. The predicted octanol–water partition coefficient (Wildman–Crippen LogP) is 4.22. The molecule has 1 amide bonds. The topological polar surface area (TPSA) is 66.5 Å². The van der Waals surface area contributed by atoms with Gasteiger partial charge in [0.25, 0.3) is 0 Å². The van der Waals surface area contributed by atoms with Crippen LogP contribution in [-0.4, -0.2) is 31.7 Å². The summed E-state index contributed by atoms with van der Waals surface area (Å²) in [5.41, 5.74) is 4.38. The normalized spacial score (nSPS) is 18.3. The van der Waals surface area contributed by atoms with Gasteiger partial charge in [0.15, 0.2) is 0 Å². The van der Waals surface area contributed by atoms with Crippen molar-refractivity contribution < 1.29 is 13.2 Å². The number of carbonyl (C=O) groups is 1. The van der Waals surface area contributed by atoms with Crippen molar-refractivity contribution in [1.29, 1.82) is 0 Å². The smallest absolute Gasteiger partial charge is 0.236 e. The molecule has 1 heterocycles. The van der Waals surface area contributed by atoms with Gasteiger partial charge in [0.2, 0.25) is 15.9 Å². The molecule has 1 aliphatic heterocycles. The summed E-state index contributed by atoms with van der Waals surface area (Å²) in [7, 11) is -3.48. The van der Waals surface area contributed by atoms with Crippen molar-refractivity contribution in [2.45, 2.75) is 38.5 Å². The van der Waals surface area contributed by atoms with Gasteiger partial charge in [0.1, 0.15) is 0 Å². The van der Waals surface area contributed by atoms with Crippen LogP contribution in [0.2, 0.25) is 0 Å². The minimum atomic E-state index is -3.48. The number of hydrogen-bond acceptors (Lipinski definition) is 3. The number of amides is 1. The Morgan fingerprint density at radius 2 is 1.70 bits per heavy atom. The van der Waals surface area contributed by atoms with Crippen molar-refractivity contribution in [3.63, 3.8) is 0 Å². The van der Waals surface area contributed by atoms with Crippen molar-refractivity contribution in [2.24, 2.45) is 5.92 Å². The summed E-state index contributed by atoms with van der Waals surface area (Å²) in [5, 5.41) is 4.38. The van der Waals surface area contributed by atoms with Crippen LogP contribution in [0.25, 0.3) is 6.08 Å². The third kappa shape index (κ3) is 4.82. The van der Waals surface area contributed by atoms with Crippen LogP contribution in [0.15, 0.2) is 53.9 Å². The second kappa shape index (κ2) is 9.14. The van der Waals surface area contributed by atoms with E-state index >= 15 is 0 Å². The summed E-state index contributed by atoms with van der Waals surface area (Å²) in [6.45, 7) is 0.735. The molecular formula is C24H28N2O3S. The molecule has 0 saturated carbocycles. The van der Waals surface area contributed by atoms with Crippen LogP contribution < -0.4 is 5.32 Å². The first-order chi connectivity index (χ1) is 14.5. The van der Waals surface area contributed by atoms with Gasteiger partial charge in [-0.2, -0.15) is 4.31 Å². The van der Waals surface area contributed by atoms with Crippen molar-refractivity contribution >= 4 is 27.7 Å². The van der Waals surface area contributed by atoms with E-state index < -0.39 is 10.0 Å². The van der Waals surface area contributed by atoms with Crippen LogP contribution in [0, 0.1) is 5.92 Å². The van der Waals surface area contributed by atoms with Crippen molar-refractivity contribution in [1.82, 2.24) is 4.31 Å². The molecule has 2 aromatic carbocycles. The van der Waals surface area contributed by atoms with Crippen LogP contribution in [0.1, 0.15) is 42.4 Å². The number of sulfonamides is 1. The molecule has 2 aliphatic rings. The zero-order valence-electron chi connectivity index (χ0n) is 17.1. The lowest BCUT2D eigenvalue weighted by Crippen LogP contribution is -2.40. The molecule has 0 bridgehead atoms. The molecule has 1 aliphatic carbocycles. The molecule has 0 radical (unpaired) electrons. The van der Waals surface area contributed by atoms with E-state index in [1.54, 1.807) is 6.08 Å². The Morgan fingerprint density at radius 3 is 2.47 bits per heavy atom. The third-order valence-electron chi connectivity index (χ3n) is 6.07. The zero-order chi connectivity index (χ0) is 21.0. The molecule has 0 unspecified atom stereocenters. The first-order valence-corrected chi connectivity index (χ1v) is 12.2. The lowest BCUT2D eigenvalue weighted by molar-refractivity contribution is -0.120. The highest BCUT2D eigenvalue weighted by Gasteiger charge is 2.30. The minimum absolute atomic E-state index is 0.00542. The minimum Gasteiger partial charge on any atom is -0.326 e. The summed E-state index contributed by atoms with van der Waals surface area (Å²) in [4.78, 5) is 12.8. The number of rotatable bonds is 5. The van der Waals surface area contributed by atoms with Gasteiger partial charge in [-0.25, -0.2) is 8.42 Å². The van der Waals surface area contributed by atoms with E-state index in [1.807, 2.05) is 42.5 Å². The fourth-order valence-corrected chi connectivity index (χ4v) is 5.54. The van der Waals surface area contributed by atoms with Crippen LogP contribution in [0.5, 0.6) is 0 Å². The number of anilines is 1. The number of hydrogen-bond donors (Lipinski definition) is 1. The maximum absolute atomic E-state index is 12.8. The van der Waals surface area contributed by atoms with Gasteiger partial charge in [0, 0.05) is 30.1 Å². The van der Waals surface area contributed by atoms with Crippen LogP contribution in [0.4, 0.5) is 5.69 Å². The van der Waals surface area contributed by atoms with Gasteiger partial charge < -0.3 is 5.32 Å². The number of aryl methyl sites for hydroxylation is 1. The largest absolute Gasteiger partial charge is 0.326 e. The first kappa shape index (κ1) is 20.8. The molecule has 6 heteroatoms. The first-order valence-electron chi connectivity index (χ1n) is 10.7. The Balaban J connectivity index is 1.35. The van der Waals surface area contributed by atoms with Crippen LogP contribution in [0.3, 0.4) is 0 Å². The van der Waals surface area contributed by atoms with E-state index in [2.05, 4.69) is 11.4 Å². The monoisotopic (exact) mass is 424 g/mol. The maximum atomic E-state index is 12.8. The number of nitrogens with one attached hydrogen (secondary N) is 1. The van der Waals surface area contributed by atoms with E-state index in [0.717, 1.165) is 30.5 Å². The van der Waals surface area contributed by atoms with Gasteiger partial charge in [-0.15, -0.1) is 0 Å². The Morgan fingerprint density at radius 1 is 0.967 bits per heavy atom. The summed E-state index contributed by atoms with van der Waals surface area (Å²) in [6.07, 6.45) is 7.15. The standard InChI is InChI=1S/C24H28N2O3S/c27-24(25-23-12-6-10-20-9-4-5-11-22(20)23)21-13-16-26(17-14-21)30(28,29)18-15-19-7-2-1-3-8-19/h1-3,6-8,10,12,15,18,21H,4-5,9,11,13-14,16-17H2,(H,25,27). The number of fused-ring (bicyclic) bond motifs is 1. The van der Waals surface area contributed by atoms with E-state index in [4.69, 9.17) is 0 Å². The Kier molecular flexibility index (Phi) is 6.35. The molecule has 1 saturated heterocycles. The van der Waals surface area contributed by atoms with Gasteiger partial charge in [-0.3, -0.25) is 4.79 Å². The van der Waals surface area contributed by atoms with Crippen LogP contribution >= 0.6 is 0 Å². The summed E-state index contributed by atoms with van der Waals surface area (Å²) < 4.78 is 26.7. The molecular weight excluding hydrogens is 396 g/mol.